The Morgan fingerprint density at radius 3 is 2.25 bits per heavy atom. The van der Waals surface area contributed by atoms with Crippen LogP contribution in [0.2, 0.25) is 0 Å². The first kappa shape index (κ1) is 14.9. The lowest BCUT2D eigenvalue weighted by Gasteiger charge is -2.09. The Balaban J connectivity index is 2.35. The summed E-state index contributed by atoms with van der Waals surface area (Å²) >= 11 is 3.09. The van der Waals surface area contributed by atoms with E-state index in [2.05, 4.69) is 15.9 Å². The molecule has 0 spiro atoms. The molecule has 0 aliphatic rings. The zero-order valence-electron chi connectivity index (χ0n) is 9.81. The lowest BCUT2D eigenvalue weighted by molar-refractivity contribution is 0.435. The van der Waals surface area contributed by atoms with Crippen LogP contribution in [0.4, 0.5) is 8.78 Å². The summed E-state index contributed by atoms with van der Waals surface area (Å²) in [7, 11) is -3.84. The van der Waals surface area contributed by atoms with Crippen LogP contribution in [0.5, 0.6) is 11.5 Å². The fourth-order valence-corrected chi connectivity index (χ4v) is 2.57. The van der Waals surface area contributed by atoms with E-state index in [1.54, 1.807) is 0 Å². The first-order valence-electron chi connectivity index (χ1n) is 5.22. The van der Waals surface area contributed by atoms with Gasteiger partial charge < -0.3 is 4.74 Å². The molecule has 0 radical (unpaired) electrons. The van der Waals surface area contributed by atoms with Gasteiger partial charge in [-0.15, -0.1) is 0 Å². The number of hydrogen-bond acceptors (Lipinski definition) is 3. The van der Waals surface area contributed by atoms with Gasteiger partial charge in [0.15, 0.2) is 11.6 Å². The zero-order chi connectivity index (χ0) is 14.9. The van der Waals surface area contributed by atoms with Gasteiger partial charge in [0, 0.05) is 6.07 Å². The number of sulfonamides is 1. The standard InChI is InChI=1S/C12H8BrF2NO3S/c13-9-6-8(20(16,17)18)2-4-11(9)19-12-3-1-7(14)5-10(12)15/h1-6H,(H2,16,17,18). The minimum atomic E-state index is -3.84. The predicted octanol–water partition coefficient (Wildman–Crippen LogP) is 3.17. The van der Waals surface area contributed by atoms with Crippen molar-refractivity contribution in [2.75, 3.05) is 0 Å². The highest BCUT2D eigenvalue weighted by Crippen LogP contribution is 2.32. The summed E-state index contributed by atoms with van der Waals surface area (Å²) in [5, 5.41) is 4.98. The van der Waals surface area contributed by atoms with Gasteiger partial charge >= 0.3 is 0 Å². The molecule has 106 valence electrons. The minimum absolute atomic E-state index is 0.115. The highest BCUT2D eigenvalue weighted by molar-refractivity contribution is 9.10. The van der Waals surface area contributed by atoms with E-state index in [9.17, 15) is 17.2 Å². The van der Waals surface area contributed by atoms with Crippen molar-refractivity contribution in [2.24, 2.45) is 5.14 Å². The predicted molar refractivity (Wildman–Crippen MR) is 71.9 cm³/mol. The van der Waals surface area contributed by atoms with E-state index in [1.807, 2.05) is 0 Å². The number of rotatable bonds is 3. The molecular weight excluding hydrogens is 356 g/mol. The molecule has 20 heavy (non-hydrogen) atoms. The molecule has 2 aromatic rings. The molecule has 0 heterocycles. The van der Waals surface area contributed by atoms with Crippen LogP contribution in [-0.4, -0.2) is 8.42 Å². The van der Waals surface area contributed by atoms with Gasteiger partial charge in [0.25, 0.3) is 0 Å². The Bertz CT molecular complexity index is 765. The van der Waals surface area contributed by atoms with Gasteiger partial charge in [-0.2, -0.15) is 0 Å². The van der Waals surface area contributed by atoms with Crippen molar-refractivity contribution < 1.29 is 21.9 Å². The molecule has 4 nitrogen and oxygen atoms in total. The molecule has 0 unspecified atom stereocenters. The molecule has 0 aromatic heterocycles. The van der Waals surface area contributed by atoms with E-state index in [4.69, 9.17) is 9.88 Å². The smallest absolute Gasteiger partial charge is 0.238 e. The average Bonchev–Trinajstić information content (AvgIpc) is 2.33. The number of benzene rings is 2. The first-order chi connectivity index (χ1) is 9.27. The molecule has 0 saturated heterocycles. The summed E-state index contributed by atoms with van der Waals surface area (Å²) in [6.45, 7) is 0. The van der Waals surface area contributed by atoms with Crippen molar-refractivity contribution in [3.8, 4) is 11.5 Å². The normalized spacial score (nSPS) is 11.4. The molecule has 0 aliphatic heterocycles. The van der Waals surface area contributed by atoms with E-state index in [-0.39, 0.29) is 20.9 Å². The van der Waals surface area contributed by atoms with Crippen LogP contribution in [0, 0.1) is 11.6 Å². The Morgan fingerprint density at radius 1 is 1.05 bits per heavy atom. The van der Waals surface area contributed by atoms with Crippen molar-refractivity contribution in [3.05, 3.63) is 52.5 Å². The second kappa shape index (κ2) is 5.47. The van der Waals surface area contributed by atoms with Crippen LogP contribution in [0.3, 0.4) is 0 Å². The zero-order valence-corrected chi connectivity index (χ0v) is 12.2. The Hall–Kier alpha value is -1.51. The Morgan fingerprint density at radius 2 is 1.70 bits per heavy atom. The van der Waals surface area contributed by atoms with Gasteiger partial charge in [0.1, 0.15) is 11.6 Å². The van der Waals surface area contributed by atoms with E-state index < -0.39 is 21.7 Å². The summed E-state index contributed by atoms with van der Waals surface area (Å²) in [4.78, 5) is -0.115. The third-order valence-corrected chi connectivity index (χ3v) is 3.88. The second-order valence-electron chi connectivity index (χ2n) is 3.81. The largest absolute Gasteiger partial charge is 0.453 e. The molecule has 0 atom stereocenters. The number of halogens is 3. The van der Waals surface area contributed by atoms with Gasteiger partial charge in [-0.1, -0.05) is 0 Å². The summed E-state index contributed by atoms with van der Waals surface area (Å²) in [5.74, 6) is -1.61. The highest BCUT2D eigenvalue weighted by atomic mass is 79.9. The monoisotopic (exact) mass is 363 g/mol. The van der Waals surface area contributed by atoms with Gasteiger partial charge in [-0.3, -0.25) is 0 Å². The van der Waals surface area contributed by atoms with E-state index >= 15 is 0 Å². The number of hydrogen-bond donors (Lipinski definition) is 1. The molecular formula is C12H8BrF2NO3S. The van der Waals surface area contributed by atoms with Crippen LogP contribution in [0.1, 0.15) is 0 Å². The van der Waals surface area contributed by atoms with Crippen molar-refractivity contribution in [1.29, 1.82) is 0 Å². The SMILES string of the molecule is NS(=O)(=O)c1ccc(Oc2ccc(F)cc2F)c(Br)c1. The topological polar surface area (TPSA) is 69.4 Å². The Kier molecular flexibility index (Phi) is 4.07. The van der Waals surface area contributed by atoms with Gasteiger partial charge in [0.2, 0.25) is 10.0 Å². The van der Waals surface area contributed by atoms with Crippen molar-refractivity contribution >= 4 is 26.0 Å². The first-order valence-corrected chi connectivity index (χ1v) is 7.56. The maximum absolute atomic E-state index is 13.4. The van der Waals surface area contributed by atoms with Crippen LogP contribution in [0.15, 0.2) is 45.8 Å². The number of ether oxygens (including phenoxy) is 1. The van der Waals surface area contributed by atoms with Crippen LogP contribution in [-0.2, 0) is 10.0 Å². The molecule has 0 saturated carbocycles. The van der Waals surface area contributed by atoms with Gasteiger partial charge in [-0.05, 0) is 46.3 Å². The van der Waals surface area contributed by atoms with Crippen LogP contribution in [0.25, 0.3) is 0 Å². The second-order valence-corrected chi connectivity index (χ2v) is 6.23. The van der Waals surface area contributed by atoms with Gasteiger partial charge in [-0.25, -0.2) is 22.3 Å². The number of nitrogens with two attached hydrogens (primary N) is 1. The van der Waals surface area contributed by atoms with Crippen molar-refractivity contribution in [1.82, 2.24) is 0 Å². The lowest BCUT2D eigenvalue weighted by atomic mass is 10.3. The fourth-order valence-electron chi connectivity index (χ4n) is 1.42. The van der Waals surface area contributed by atoms with Crippen molar-refractivity contribution in [2.45, 2.75) is 4.90 Å². The molecule has 0 amide bonds. The van der Waals surface area contributed by atoms with Gasteiger partial charge in [0.05, 0.1) is 9.37 Å². The maximum atomic E-state index is 13.4. The number of primary sulfonamides is 1. The molecule has 2 aromatic carbocycles. The Labute approximate surface area is 122 Å². The van der Waals surface area contributed by atoms with E-state index in [1.165, 1.54) is 18.2 Å². The van der Waals surface area contributed by atoms with Crippen molar-refractivity contribution in [3.63, 3.8) is 0 Å². The summed E-state index contributed by atoms with van der Waals surface area (Å²) < 4.78 is 54.0. The third kappa shape index (κ3) is 3.33. The molecule has 0 bridgehead atoms. The van der Waals surface area contributed by atoms with E-state index in [0.29, 0.717) is 6.07 Å². The molecule has 0 fully saturated rings. The summed E-state index contributed by atoms with van der Waals surface area (Å²) in [6, 6.07) is 6.62. The highest BCUT2D eigenvalue weighted by Gasteiger charge is 2.13. The molecule has 8 heteroatoms. The summed E-state index contributed by atoms with van der Waals surface area (Å²) in [6.07, 6.45) is 0. The van der Waals surface area contributed by atoms with Crippen LogP contribution < -0.4 is 9.88 Å². The maximum Gasteiger partial charge on any atom is 0.238 e. The van der Waals surface area contributed by atoms with Crippen LogP contribution >= 0.6 is 15.9 Å². The minimum Gasteiger partial charge on any atom is -0.453 e. The third-order valence-electron chi connectivity index (χ3n) is 2.35. The molecule has 2 rings (SSSR count). The van der Waals surface area contributed by atoms with E-state index in [0.717, 1.165) is 12.1 Å². The molecule has 2 N–H and O–H groups in total. The lowest BCUT2D eigenvalue weighted by Crippen LogP contribution is -2.11. The average molecular weight is 364 g/mol. The summed E-state index contributed by atoms with van der Waals surface area (Å²) in [5.41, 5.74) is 0. The quantitative estimate of drug-likeness (QED) is 0.910. The fraction of sp³-hybridized carbons (Fsp3) is 0. The molecule has 0 aliphatic carbocycles.